The summed E-state index contributed by atoms with van der Waals surface area (Å²) in [4.78, 5) is 4.20. The Morgan fingerprint density at radius 1 is 1.56 bits per heavy atom. The SMILES string of the molecule is CCOC(C)(C)CNc1ncc(Br)cc1N. The Kier molecular flexibility index (Phi) is 4.56. The molecule has 5 heteroatoms. The van der Waals surface area contributed by atoms with Crippen molar-refractivity contribution in [3.05, 3.63) is 16.7 Å². The van der Waals surface area contributed by atoms with Gasteiger partial charge in [0, 0.05) is 23.8 Å². The first-order valence-corrected chi connectivity index (χ1v) is 6.03. The third kappa shape index (κ3) is 3.98. The summed E-state index contributed by atoms with van der Waals surface area (Å²) in [7, 11) is 0. The summed E-state index contributed by atoms with van der Waals surface area (Å²) in [6.45, 7) is 7.39. The summed E-state index contributed by atoms with van der Waals surface area (Å²) in [5.41, 5.74) is 6.23. The van der Waals surface area contributed by atoms with Gasteiger partial charge in [-0.1, -0.05) is 0 Å². The first kappa shape index (κ1) is 13.3. The molecule has 4 nitrogen and oxygen atoms in total. The van der Waals surface area contributed by atoms with E-state index in [4.69, 9.17) is 10.5 Å². The van der Waals surface area contributed by atoms with Crippen LogP contribution in [0.3, 0.4) is 0 Å². The molecule has 0 aliphatic rings. The monoisotopic (exact) mass is 287 g/mol. The number of nitrogens with two attached hydrogens (primary N) is 1. The van der Waals surface area contributed by atoms with E-state index in [1.54, 1.807) is 6.20 Å². The summed E-state index contributed by atoms with van der Waals surface area (Å²) in [6, 6.07) is 1.82. The molecule has 0 amide bonds. The van der Waals surface area contributed by atoms with Crippen LogP contribution in [0.25, 0.3) is 0 Å². The molecular weight excluding hydrogens is 270 g/mol. The number of nitrogens with one attached hydrogen (secondary N) is 1. The van der Waals surface area contributed by atoms with Crippen molar-refractivity contribution in [2.45, 2.75) is 26.4 Å². The lowest BCUT2D eigenvalue weighted by atomic mass is 10.1. The van der Waals surface area contributed by atoms with E-state index in [1.165, 1.54) is 0 Å². The molecule has 0 aliphatic carbocycles. The minimum Gasteiger partial charge on any atom is -0.396 e. The third-order valence-electron chi connectivity index (χ3n) is 2.10. The summed E-state index contributed by atoms with van der Waals surface area (Å²) in [5, 5.41) is 3.18. The fraction of sp³-hybridized carbons (Fsp3) is 0.545. The van der Waals surface area contributed by atoms with Gasteiger partial charge in [-0.25, -0.2) is 4.98 Å². The maximum atomic E-state index is 5.83. The lowest BCUT2D eigenvalue weighted by molar-refractivity contribution is 0.000655. The average Bonchev–Trinajstić information content (AvgIpc) is 2.16. The van der Waals surface area contributed by atoms with Crippen LogP contribution < -0.4 is 11.1 Å². The van der Waals surface area contributed by atoms with Gasteiger partial charge in [-0.05, 0) is 42.8 Å². The molecule has 0 spiro atoms. The second-order valence-electron chi connectivity index (χ2n) is 4.14. The Morgan fingerprint density at radius 3 is 2.81 bits per heavy atom. The lowest BCUT2D eigenvalue weighted by Gasteiger charge is -2.25. The van der Waals surface area contributed by atoms with Crippen LogP contribution in [0.4, 0.5) is 11.5 Å². The van der Waals surface area contributed by atoms with Gasteiger partial charge >= 0.3 is 0 Å². The first-order chi connectivity index (χ1) is 7.44. The van der Waals surface area contributed by atoms with E-state index in [0.717, 1.165) is 4.47 Å². The zero-order chi connectivity index (χ0) is 12.2. The number of halogens is 1. The number of pyridine rings is 1. The molecule has 1 aromatic heterocycles. The van der Waals surface area contributed by atoms with E-state index in [-0.39, 0.29) is 5.60 Å². The molecule has 3 N–H and O–H groups in total. The van der Waals surface area contributed by atoms with E-state index < -0.39 is 0 Å². The fourth-order valence-corrected chi connectivity index (χ4v) is 1.69. The van der Waals surface area contributed by atoms with Gasteiger partial charge in [0.25, 0.3) is 0 Å². The zero-order valence-corrected chi connectivity index (χ0v) is 11.5. The molecule has 0 aliphatic heterocycles. The normalized spacial score (nSPS) is 11.5. The van der Waals surface area contributed by atoms with Gasteiger partial charge < -0.3 is 15.8 Å². The standard InChI is InChI=1S/C11H18BrN3O/c1-4-16-11(2,3)7-15-10-9(13)5-8(12)6-14-10/h5-6H,4,7,13H2,1-3H3,(H,14,15). The maximum absolute atomic E-state index is 5.83. The smallest absolute Gasteiger partial charge is 0.149 e. The van der Waals surface area contributed by atoms with Gasteiger partial charge in [0.2, 0.25) is 0 Å². The predicted molar refractivity (Wildman–Crippen MR) is 70.5 cm³/mol. The van der Waals surface area contributed by atoms with Crippen LogP contribution in [0.2, 0.25) is 0 Å². The summed E-state index contributed by atoms with van der Waals surface area (Å²) in [5.74, 6) is 0.691. The average molecular weight is 288 g/mol. The highest BCUT2D eigenvalue weighted by Gasteiger charge is 2.17. The minimum absolute atomic E-state index is 0.226. The Morgan fingerprint density at radius 2 is 2.25 bits per heavy atom. The van der Waals surface area contributed by atoms with E-state index in [9.17, 15) is 0 Å². The highest BCUT2D eigenvalue weighted by atomic mass is 79.9. The van der Waals surface area contributed by atoms with Crippen molar-refractivity contribution in [3.8, 4) is 0 Å². The molecule has 0 radical (unpaired) electrons. The second kappa shape index (κ2) is 5.50. The number of hydrogen-bond donors (Lipinski definition) is 2. The van der Waals surface area contributed by atoms with E-state index >= 15 is 0 Å². The molecule has 1 heterocycles. The highest BCUT2D eigenvalue weighted by molar-refractivity contribution is 9.10. The molecule has 0 unspecified atom stereocenters. The number of aromatic nitrogens is 1. The van der Waals surface area contributed by atoms with Crippen molar-refractivity contribution in [2.24, 2.45) is 0 Å². The van der Waals surface area contributed by atoms with Gasteiger partial charge in [0.1, 0.15) is 5.82 Å². The molecule has 0 saturated heterocycles. The molecule has 0 bridgehead atoms. The van der Waals surface area contributed by atoms with E-state index in [0.29, 0.717) is 24.7 Å². The van der Waals surface area contributed by atoms with Gasteiger partial charge in [-0.15, -0.1) is 0 Å². The van der Waals surface area contributed by atoms with E-state index in [2.05, 4.69) is 26.2 Å². The predicted octanol–water partition coefficient (Wildman–Crippen LogP) is 2.65. The number of nitrogens with zero attached hydrogens (tertiary/aromatic N) is 1. The molecule has 0 fully saturated rings. The Hall–Kier alpha value is -0.810. The Bertz CT molecular complexity index is 355. The fourth-order valence-electron chi connectivity index (χ4n) is 1.34. The molecule has 1 rings (SSSR count). The van der Waals surface area contributed by atoms with Crippen LogP contribution in [0, 0.1) is 0 Å². The summed E-state index contributed by atoms with van der Waals surface area (Å²) < 4.78 is 6.45. The van der Waals surface area contributed by atoms with Crippen molar-refractivity contribution in [1.29, 1.82) is 0 Å². The van der Waals surface area contributed by atoms with Crippen molar-refractivity contribution in [1.82, 2.24) is 4.98 Å². The van der Waals surface area contributed by atoms with Crippen LogP contribution >= 0.6 is 15.9 Å². The molecule has 0 saturated carbocycles. The minimum atomic E-state index is -0.226. The van der Waals surface area contributed by atoms with Crippen LogP contribution in [0.1, 0.15) is 20.8 Å². The molecule has 16 heavy (non-hydrogen) atoms. The first-order valence-electron chi connectivity index (χ1n) is 5.23. The van der Waals surface area contributed by atoms with Crippen LogP contribution in [-0.4, -0.2) is 23.7 Å². The maximum Gasteiger partial charge on any atom is 0.149 e. The third-order valence-corrected chi connectivity index (χ3v) is 2.53. The van der Waals surface area contributed by atoms with Crippen LogP contribution in [-0.2, 0) is 4.74 Å². The van der Waals surface area contributed by atoms with Gasteiger partial charge in [-0.2, -0.15) is 0 Å². The number of anilines is 2. The molecule has 90 valence electrons. The van der Waals surface area contributed by atoms with Gasteiger partial charge in [-0.3, -0.25) is 0 Å². The molecule has 0 aromatic carbocycles. The van der Waals surface area contributed by atoms with Crippen molar-refractivity contribution >= 4 is 27.4 Å². The van der Waals surface area contributed by atoms with Gasteiger partial charge in [0.05, 0.1) is 11.3 Å². The largest absolute Gasteiger partial charge is 0.396 e. The zero-order valence-electron chi connectivity index (χ0n) is 9.88. The quantitative estimate of drug-likeness (QED) is 0.874. The van der Waals surface area contributed by atoms with Crippen molar-refractivity contribution in [3.63, 3.8) is 0 Å². The molecular formula is C11H18BrN3O. The summed E-state index contributed by atoms with van der Waals surface area (Å²) in [6.07, 6.45) is 1.71. The van der Waals surface area contributed by atoms with Crippen molar-refractivity contribution in [2.75, 3.05) is 24.2 Å². The van der Waals surface area contributed by atoms with Gasteiger partial charge in [0.15, 0.2) is 0 Å². The lowest BCUT2D eigenvalue weighted by Crippen LogP contribution is -2.33. The molecule has 0 atom stereocenters. The Balaban J connectivity index is 2.61. The Labute approximate surface area is 105 Å². The number of hydrogen-bond acceptors (Lipinski definition) is 4. The van der Waals surface area contributed by atoms with Crippen LogP contribution in [0.15, 0.2) is 16.7 Å². The highest BCUT2D eigenvalue weighted by Crippen LogP contribution is 2.20. The summed E-state index contributed by atoms with van der Waals surface area (Å²) >= 11 is 3.32. The number of rotatable bonds is 5. The number of nitrogen functional groups attached to an aromatic ring is 1. The number of ether oxygens (including phenoxy) is 1. The molecule has 1 aromatic rings. The van der Waals surface area contributed by atoms with E-state index in [1.807, 2.05) is 26.8 Å². The topological polar surface area (TPSA) is 60.2 Å². The van der Waals surface area contributed by atoms with Crippen LogP contribution in [0.5, 0.6) is 0 Å². The van der Waals surface area contributed by atoms with Crippen molar-refractivity contribution < 1.29 is 4.74 Å². The second-order valence-corrected chi connectivity index (χ2v) is 5.05.